The predicted octanol–water partition coefficient (Wildman–Crippen LogP) is 4.02. The van der Waals surface area contributed by atoms with Gasteiger partial charge in [0.25, 0.3) is 0 Å². The van der Waals surface area contributed by atoms with Crippen LogP contribution >= 0.6 is 11.3 Å². The molecule has 0 amide bonds. The van der Waals surface area contributed by atoms with E-state index in [1.54, 1.807) is 11.3 Å². The monoisotopic (exact) mass is 268 g/mol. The Kier molecular flexibility index (Phi) is 3.75. The van der Waals surface area contributed by atoms with E-state index < -0.39 is 0 Å². The number of hydrogen-bond acceptors (Lipinski definition) is 3. The number of allylic oxidation sites excluding steroid dienone is 1. The molecular weight excluding hydrogens is 252 g/mol. The molecule has 0 saturated heterocycles. The number of hydrogen-bond donors (Lipinski definition) is 0. The molecule has 0 radical (unpaired) electrons. The van der Waals surface area contributed by atoms with Gasteiger partial charge in [0, 0.05) is 17.8 Å². The van der Waals surface area contributed by atoms with E-state index in [2.05, 4.69) is 64.0 Å². The van der Waals surface area contributed by atoms with Crippen LogP contribution in [-0.4, -0.2) is 17.3 Å². The molecule has 1 aliphatic heterocycles. The lowest BCUT2D eigenvalue weighted by Gasteiger charge is -2.12. The summed E-state index contributed by atoms with van der Waals surface area (Å²) in [6.45, 7) is 1.91. The third-order valence-electron chi connectivity index (χ3n) is 3.09. The maximum absolute atomic E-state index is 4.65. The van der Waals surface area contributed by atoms with Gasteiger partial charge in [-0.15, -0.1) is 11.3 Å². The molecule has 1 aromatic carbocycles. The molecule has 1 aromatic heterocycles. The molecule has 0 spiro atoms. The van der Waals surface area contributed by atoms with Gasteiger partial charge in [-0.2, -0.15) is 5.10 Å². The van der Waals surface area contributed by atoms with Crippen molar-refractivity contribution in [3.05, 3.63) is 64.4 Å². The van der Waals surface area contributed by atoms with Gasteiger partial charge in [-0.05, 0) is 29.2 Å². The number of hydrazone groups is 1. The molecule has 19 heavy (non-hydrogen) atoms. The van der Waals surface area contributed by atoms with Gasteiger partial charge in [-0.25, -0.2) is 0 Å². The first kappa shape index (κ1) is 12.2. The molecule has 3 heteroatoms. The Hall–Kier alpha value is -1.87. The fraction of sp³-hybridized carbons (Fsp3) is 0.188. The first-order valence-electron chi connectivity index (χ1n) is 6.48. The van der Waals surface area contributed by atoms with Crippen LogP contribution in [0.25, 0.3) is 6.08 Å². The minimum absolute atomic E-state index is 0.900. The molecule has 0 atom stereocenters. The highest BCUT2D eigenvalue weighted by molar-refractivity contribution is 7.10. The van der Waals surface area contributed by atoms with E-state index in [1.165, 1.54) is 16.2 Å². The van der Waals surface area contributed by atoms with Crippen molar-refractivity contribution < 1.29 is 0 Å². The summed E-state index contributed by atoms with van der Waals surface area (Å²) in [4.78, 5) is 1.28. The average molecular weight is 268 g/mol. The summed E-state index contributed by atoms with van der Waals surface area (Å²) in [5, 5.41) is 8.89. The van der Waals surface area contributed by atoms with E-state index in [9.17, 15) is 0 Å². The average Bonchev–Trinajstić information content (AvgIpc) is 3.09. The highest BCUT2D eigenvalue weighted by atomic mass is 32.1. The van der Waals surface area contributed by atoms with Crippen LogP contribution in [0.2, 0.25) is 0 Å². The molecule has 3 rings (SSSR count). The summed E-state index contributed by atoms with van der Waals surface area (Å²) in [5.41, 5.74) is 2.49. The van der Waals surface area contributed by atoms with Crippen molar-refractivity contribution in [2.75, 3.05) is 6.54 Å². The second-order valence-electron chi connectivity index (χ2n) is 4.56. The zero-order chi connectivity index (χ0) is 12.9. The van der Waals surface area contributed by atoms with Crippen molar-refractivity contribution in [2.24, 2.45) is 5.10 Å². The van der Waals surface area contributed by atoms with Gasteiger partial charge in [0.15, 0.2) is 0 Å². The van der Waals surface area contributed by atoms with Crippen molar-refractivity contribution in [2.45, 2.75) is 13.0 Å². The summed E-state index contributed by atoms with van der Waals surface area (Å²) >= 11 is 1.75. The Labute approximate surface area is 117 Å². The second-order valence-corrected chi connectivity index (χ2v) is 5.54. The highest BCUT2D eigenvalue weighted by Gasteiger charge is 2.12. The van der Waals surface area contributed by atoms with Crippen LogP contribution < -0.4 is 0 Å². The van der Waals surface area contributed by atoms with Crippen LogP contribution in [0.5, 0.6) is 0 Å². The molecule has 0 fully saturated rings. The minimum Gasteiger partial charge on any atom is -0.292 e. The van der Waals surface area contributed by atoms with Gasteiger partial charge < -0.3 is 0 Å². The molecule has 2 heterocycles. The number of rotatable bonds is 4. The maximum atomic E-state index is 4.65. The van der Waals surface area contributed by atoms with Crippen LogP contribution in [0, 0.1) is 0 Å². The van der Waals surface area contributed by atoms with Gasteiger partial charge in [-0.3, -0.25) is 5.01 Å². The molecule has 96 valence electrons. The maximum Gasteiger partial charge on any atom is 0.0624 e. The zero-order valence-corrected chi connectivity index (χ0v) is 11.5. The third kappa shape index (κ3) is 3.32. The number of benzene rings is 1. The lowest BCUT2D eigenvalue weighted by molar-refractivity contribution is 0.310. The zero-order valence-electron chi connectivity index (χ0n) is 10.7. The van der Waals surface area contributed by atoms with Crippen LogP contribution in [0.1, 0.15) is 16.9 Å². The fourth-order valence-corrected chi connectivity index (χ4v) is 2.73. The molecular formula is C16H16N2S. The van der Waals surface area contributed by atoms with Crippen molar-refractivity contribution in [3.8, 4) is 0 Å². The van der Waals surface area contributed by atoms with E-state index in [-0.39, 0.29) is 0 Å². The van der Waals surface area contributed by atoms with Gasteiger partial charge in [0.2, 0.25) is 0 Å². The Bertz CT molecular complexity index is 570. The quantitative estimate of drug-likeness (QED) is 0.817. The van der Waals surface area contributed by atoms with Gasteiger partial charge in [-0.1, -0.05) is 36.4 Å². The molecule has 0 saturated carbocycles. The Balaban J connectivity index is 1.62. The SMILES string of the molecule is C(=C\c1cccs1)/C1=NN(Cc2ccccc2)CC1. The first-order valence-corrected chi connectivity index (χ1v) is 7.36. The summed E-state index contributed by atoms with van der Waals surface area (Å²) < 4.78 is 0. The van der Waals surface area contributed by atoms with E-state index in [0.717, 1.165) is 19.5 Å². The van der Waals surface area contributed by atoms with Crippen LogP contribution in [0.3, 0.4) is 0 Å². The molecule has 1 aliphatic rings. The van der Waals surface area contributed by atoms with Crippen molar-refractivity contribution in [1.82, 2.24) is 5.01 Å². The molecule has 2 nitrogen and oxygen atoms in total. The smallest absolute Gasteiger partial charge is 0.0624 e. The number of nitrogens with zero attached hydrogens (tertiary/aromatic N) is 2. The Morgan fingerprint density at radius 2 is 2.00 bits per heavy atom. The highest BCUT2D eigenvalue weighted by Crippen LogP contribution is 2.15. The molecule has 0 bridgehead atoms. The fourth-order valence-electron chi connectivity index (χ4n) is 2.11. The van der Waals surface area contributed by atoms with Crippen LogP contribution in [0.15, 0.2) is 59.0 Å². The second kappa shape index (κ2) is 5.85. The van der Waals surface area contributed by atoms with Crippen molar-refractivity contribution in [3.63, 3.8) is 0 Å². The Morgan fingerprint density at radius 3 is 2.79 bits per heavy atom. The summed E-state index contributed by atoms with van der Waals surface area (Å²) in [7, 11) is 0. The summed E-state index contributed by atoms with van der Waals surface area (Å²) in [6.07, 6.45) is 5.32. The van der Waals surface area contributed by atoms with E-state index in [4.69, 9.17) is 0 Å². The summed E-state index contributed by atoms with van der Waals surface area (Å²) in [6, 6.07) is 14.7. The van der Waals surface area contributed by atoms with E-state index in [0.29, 0.717) is 0 Å². The first-order chi connectivity index (χ1) is 9.40. The van der Waals surface area contributed by atoms with Gasteiger partial charge >= 0.3 is 0 Å². The minimum atomic E-state index is 0.900. The largest absolute Gasteiger partial charge is 0.292 e. The summed E-state index contributed by atoms with van der Waals surface area (Å²) in [5.74, 6) is 0. The van der Waals surface area contributed by atoms with E-state index in [1.807, 2.05) is 6.07 Å². The molecule has 0 aliphatic carbocycles. The molecule has 2 aromatic rings. The molecule has 0 unspecified atom stereocenters. The Morgan fingerprint density at radius 1 is 1.11 bits per heavy atom. The third-order valence-corrected chi connectivity index (χ3v) is 3.92. The van der Waals surface area contributed by atoms with Gasteiger partial charge in [0.05, 0.1) is 12.3 Å². The van der Waals surface area contributed by atoms with Crippen molar-refractivity contribution >= 4 is 23.1 Å². The van der Waals surface area contributed by atoms with Crippen molar-refractivity contribution in [1.29, 1.82) is 0 Å². The van der Waals surface area contributed by atoms with E-state index >= 15 is 0 Å². The normalized spacial score (nSPS) is 15.2. The molecule has 0 N–H and O–H groups in total. The number of thiophene rings is 1. The lowest BCUT2D eigenvalue weighted by atomic mass is 10.2. The standard InChI is InChI=1S/C16H16N2S/c1-2-5-14(6-3-1)13-18-11-10-15(17-18)8-9-16-7-4-12-19-16/h1-9,12H,10-11,13H2/b9-8+. The van der Waals surface area contributed by atoms with Crippen LogP contribution in [0.4, 0.5) is 0 Å². The topological polar surface area (TPSA) is 15.6 Å². The van der Waals surface area contributed by atoms with Gasteiger partial charge in [0.1, 0.15) is 0 Å². The lowest BCUT2D eigenvalue weighted by Crippen LogP contribution is -2.12. The predicted molar refractivity (Wildman–Crippen MR) is 82.3 cm³/mol. The van der Waals surface area contributed by atoms with Crippen LogP contribution in [-0.2, 0) is 6.54 Å².